The zero-order chi connectivity index (χ0) is 13.4. The van der Waals surface area contributed by atoms with Crippen LogP contribution in [0.3, 0.4) is 0 Å². The normalized spacial score (nSPS) is 6.94. The van der Waals surface area contributed by atoms with Crippen molar-refractivity contribution in [1.82, 2.24) is 0 Å². The van der Waals surface area contributed by atoms with Crippen molar-refractivity contribution in [1.29, 1.82) is 0 Å². The Hall–Kier alpha value is -1.04. The van der Waals surface area contributed by atoms with E-state index < -0.39 is 0 Å². The standard InChI is InChI=1S/C10H12.3C2H6/c1-3-9-5-7-10(4-2)8-6-9;3*1-2/h3,5-8H,1,4H2,2H3;3*1-2H3. The van der Waals surface area contributed by atoms with Crippen molar-refractivity contribution in [3.8, 4) is 0 Å². The largest absolute Gasteiger partial charge is 0.0985 e. The van der Waals surface area contributed by atoms with Gasteiger partial charge in [-0.25, -0.2) is 0 Å². The van der Waals surface area contributed by atoms with Crippen molar-refractivity contribution in [3.05, 3.63) is 42.0 Å². The van der Waals surface area contributed by atoms with Gasteiger partial charge in [0.05, 0.1) is 0 Å². The van der Waals surface area contributed by atoms with Crippen LogP contribution < -0.4 is 0 Å². The van der Waals surface area contributed by atoms with E-state index in [0.29, 0.717) is 0 Å². The Morgan fingerprint density at radius 1 is 0.875 bits per heavy atom. The summed E-state index contributed by atoms with van der Waals surface area (Å²) < 4.78 is 0. The molecule has 1 rings (SSSR count). The molecule has 0 heterocycles. The van der Waals surface area contributed by atoms with E-state index >= 15 is 0 Å². The Bertz CT molecular complexity index is 206. The van der Waals surface area contributed by atoms with Crippen LogP contribution in [0.2, 0.25) is 0 Å². The van der Waals surface area contributed by atoms with Gasteiger partial charge in [-0.05, 0) is 17.5 Å². The quantitative estimate of drug-likeness (QED) is 0.578. The minimum Gasteiger partial charge on any atom is -0.0985 e. The lowest BCUT2D eigenvalue weighted by Gasteiger charge is -1.95. The summed E-state index contributed by atoms with van der Waals surface area (Å²) >= 11 is 0. The molecule has 0 spiro atoms. The van der Waals surface area contributed by atoms with Gasteiger partial charge in [0, 0.05) is 0 Å². The molecule has 0 aliphatic rings. The van der Waals surface area contributed by atoms with Gasteiger partial charge in [-0.3, -0.25) is 0 Å². The molecule has 0 nitrogen and oxygen atoms in total. The Morgan fingerprint density at radius 2 is 1.25 bits per heavy atom. The summed E-state index contributed by atoms with van der Waals surface area (Å²) in [6.45, 7) is 17.8. The summed E-state index contributed by atoms with van der Waals surface area (Å²) in [4.78, 5) is 0. The predicted molar refractivity (Wildman–Crippen MR) is 80.0 cm³/mol. The van der Waals surface area contributed by atoms with E-state index in [1.807, 2.05) is 47.6 Å². The van der Waals surface area contributed by atoms with Gasteiger partial charge in [-0.15, -0.1) is 0 Å². The van der Waals surface area contributed by atoms with Crippen LogP contribution in [0.1, 0.15) is 59.6 Å². The highest BCUT2D eigenvalue weighted by molar-refractivity contribution is 5.47. The van der Waals surface area contributed by atoms with E-state index in [-0.39, 0.29) is 0 Å². The molecule has 0 heteroatoms. The molecule has 0 aliphatic heterocycles. The zero-order valence-electron chi connectivity index (χ0n) is 12.3. The van der Waals surface area contributed by atoms with Crippen LogP contribution in [0.4, 0.5) is 0 Å². The molecule has 0 N–H and O–H groups in total. The molecule has 0 aromatic heterocycles. The van der Waals surface area contributed by atoms with E-state index in [2.05, 4.69) is 37.8 Å². The maximum atomic E-state index is 3.69. The summed E-state index contributed by atoms with van der Waals surface area (Å²) in [7, 11) is 0. The molecule has 0 saturated heterocycles. The average Bonchev–Trinajstić information content (AvgIpc) is 2.45. The van der Waals surface area contributed by atoms with Gasteiger partial charge in [0.2, 0.25) is 0 Å². The molecule has 0 unspecified atom stereocenters. The molecule has 0 amide bonds. The molecule has 0 atom stereocenters. The van der Waals surface area contributed by atoms with Gasteiger partial charge in [-0.1, -0.05) is 85.4 Å². The number of benzene rings is 1. The number of aryl methyl sites for hydroxylation is 1. The lowest BCUT2D eigenvalue weighted by molar-refractivity contribution is 1.14. The van der Waals surface area contributed by atoms with Crippen molar-refractivity contribution in [2.45, 2.75) is 54.9 Å². The molecular formula is C16H30. The van der Waals surface area contributed by atoms with Gasteiger partial charge < -0.3 is 0 Å². The highest BCUT2D eigenvalue weighted by atomic mass is 13.9. The van der Waals surface area contributed by atoms with Gasteiger partial charge >= 0.3 is 0 Å². The maximum absolute atomic E-state index is 3.69. The fraction of sp³-hybridized carbons (Fsp3) is 0.500. The molecule has 0 fully saturated rings. The molecule has 0 aliphatic carbocycles. The van der Waals surface area contributed by atoms with Gasteiger partial charge in [-0.2, -0.15) is 0 Å². The maximum Gasteiger partial charge on any atom is -0.0262 e. The van der Waals surface area contributed by atoms with E-state index in [1.54, 1.807) is 0 Å². The van der Waals surface area contributed by atoms with E-state index in [4.69, 9.17) is 0 Å². The Balaban J connectivity index is -0.000000245. The SMILES string of the molecule is C=Cc1ccc(CC)cc1.CC.CC.CC. The van der Waals surface area contributed by atoms with Gasteiger partial charge in [0.25, 0.3) is 0 Å². The van der Waals surface area contributed by atoms with E-state index in [0.717, 1.165) is 6.42 Å². The number of hydrogen-bond donors (Lipinski definition) is 0. The first-order valence-corrected chi connectivity index (χ1v) is 6.58. The second-order valence-electron chi connectivity index (χ2n) is 2.30. The van der Waals surface area contributed by atoms with Crippen LogP contribution in [0.5, 0.6) is 0 Å². The third-order valence-electron chi connectivity index (χ3n) is 1.62. The topological polar surface area (TPSA) is 0 Å². The summed E-state index contributed by atoms with van der Waals surface area (Å²) in [5.41, 5.74) is 2.57. The molecule has 1 aromatic carbocycles. The third kappa shape index (κ3) is 11.0. The molecule has 94 valence electrons. The first kappa shape index (κ1) is 20.4. The van der Waals surface area contributed by atoms with Gasteiger partial charge in [0.15, 0.2) is 0 Å². The van der Waals surface area contributed by atoms with Crippen LogP contribution in [-0.4, -0.2) is 0 Å². The molecule has 0 radical (unpaired) electrons. The Morgan fingerprint density at radius 3 is 1.50 bits per heavy atom. The summed E-state index contributed by atoms with van der Waals surface area (Å²) in [6, 6.07) is 8.45. The predicted octanol–water partition coefficient (Wildman–Crippen LogP) is 5.97. The fourth-order valence-corrected chi connectivity index (χ4v) is 0.889. The summed E-state index contributed by atoms with van der Waals surface area (Å²) in [6.07, 6.45) is 2.97. The van der Waals surface area contributed by atoms with Crippen LogP contribution in [0, 0.1) is 0 Å². The zero-order valence-corrected chi connectivity index (χ0v) is 12.3. The highest BCUT2D eigenvalue weighted by Gasteiger charge is 1.86. The van der Waals surface area contributed by atoms with Crippen LogP contribution in [-0.2, 0) is 6.42 Å². The average molecular weight is 222 g/mol. The summed E-state index contributed by atoms with van der Waals surface area (Å²) in [5, 5.41) is 0. The molecule has 0 bridgehead atoms. The van der Waals surface area contributed by atoms with Crippen molar-refractivity contribution in [3.63, 3.8) is 0 Å². The molecular weight excluding hydrogens is 192 g/mol. The monoisotopic (exact) mass is 222 g/mol. The smallest absolute Gasteiger partial charge is 0.0262 e. The van der Waals surface area contributed by atoms with Crippen molar-refractivity contribution in [2.24, 2.45) is 0 Å². The second-order valence-corrected chi connectivity index (χ2v) is 2.30. The summed E-state index contributed by atoms with van der Waals surface area (Å²) in [5.74, 6) is 0. The van der Waals surface area contributed by atoms with Gasteiger partial charge in [0.1, 0.15) is 0 Å². The molecule has 1 aromatic rings. The lowest BCUT2D eigenvalue weighted by Crippen LogP contribution is -1.78. The Kier molecular flexibility index (Phi) is 24.9. The molecule has 16 heavy (non-hydrogen) atoms. The van der Waals surface area contributed by atoms with Crippen molar-refractivity contribution in [2.75, 3.05) is 0 Å². The minimum atomic E-state index is 1.11. The first-order valence-electron chi connectivity index (χ1n) is 6.58. The fourth-order valence-electron chi connectivity index (χ4n) is 0.889. The van der Waals surface area contributed by atoms with Crippen molar-refractivity contribution < 1.29 is 0 Å². The Labute approximate surface area is 103 Å². The first-order chi connectivity index (χ1) is 7.86. The highest BCUT2D eigenvalue weighted by Crippen LogP contribution is 2.05. The number of hydrogen-bond acceptors (Lipinski definition) is 0. The minimum absolute atomic E-state index is 1.11. The second kappa shape index (κ2) is 19.5. The lowest BCUT2D eigenvalue weighted by atomic mass is 10.1. The van der Waals surface area contributed by atoms with Crippen LogP contribution >= 0.6 is 0 Å². The molecule has 0 saturated carbocycles. The van der Waals surface area contributed by atoms with Crippen LogP contribution in [0.25, 0.3) is 6.08 Å². The van der Waals surface area contributed by atoms with E-state index in [9.17, 15) is 0 Å². The van der Waals surface area contributed by atoms with Crippen molar-refractivity contribution >= 4 is 6.08 Å². The van der Waals surface area contributed by atoms with E-state index in [1.165, 1.54) is 11.1 Å². The third-order valence-corrected chi connectivity index (χ3v) is 1.62. The number of rotatable bonds is 2. The van der Waals surface area contributed by atoms with Crippen LogP contribution in [0.15, 0.2) is 30.8 Å².